The Morgan fingerprint density at radius 1 is 1.30 bits per heavy atom. The highest BCUT2D eigenvalue weighted by Crippen LogP contribution is 2.23. The summed E-state index contributed by atoms with van der Waals surface area (Å²) in [7, 11) is 0. The maximum Gasteiger partial charge on any atom is 0.185 e. The molecule has 0 atom stereocenters. The lowest BCUT2D eigenvalue weighted by Crippen LogP contribution is -2.36. The second-order valence-electron chi connectivity index (χ2n) is 4.67. The van der Waals surface area contributed by atoms with Crippen molar-refractivity contribution < 1.29 is 9.15 Å². The van der Waals surface area contributed by atoms with Gasteiger partial charge in [0.2, 0.25) is 0 Å². The van der Waals surface area contributed by atoms with E-state index in [1.807, 2.05) is 13.1 Å². The molecule has 0 unspecified atom stereocenters. The number of aromatic nitrogens is 2. The summed E-state index contributed by atoms with van der Waals surface area (Å²) >= 11 is 1.73. The summed E-state index contributed by atoms with van der Waals surface area (Å²) in [6.07, 6.45) is 3.42. The Balaban J connectivity index is 1.51. The fourth-order valence-electron chi connectivity index (χ4n) is 2.08. The van der Waals surface area contributed by atoms with Crippen molar-refractivity contribution in [2.24, 2.45) is 0 Å². The van der Waals surface area contributed by atoms with Gasteiger partial charge in [-0.3, -0.25) is 0 Å². The fourth-order valence-corrected chi connectivity index (χ4v) is 3.01. The number of aryl methyl sites for hydroxylation is 1. The summed E-state index contributed by atoms with van der Waals surface area (Å²) in [5, 5.41) is 4.45. The number of nitrogens with zero attached hydrogens (tertiary/aromatic N) is 3. The predicted octanol–water partition coefficient (Wildman–Crippen LogP) is 1.57. The van der Waals surface area contributed by atoms with E-state index in [1.165, 1.54) is 11.3 Å². The van der Waals surface area contributed by atoms with Crippen molar-refractivity contribution in [3.05, 3.63) is 28.9 Å². The molecule has 3 heterocycles. The maximum absolute atomic E-state index is 5.35. The molecule has 0 spiro atoms. The molecule has 0 aromatic carbocycles. The van der Waals surface area contributed by atoms with Gasteiger partial charge < -0.3 is 19.4 Å². The molecule has 3 rings (SSSR count). The van der Waals surface area contributed by atoms with Crippen LogP contribution in [0.5, 0.6) is 0 Å². The molecule has 1 saturated heterocycles. The topological polar surface area (TPSA) is 63.4 Å². The molecule has 1 N–H and O–H groups in total. The van der Waals surface area contributed by atoms with Gasteiger partial charge in [0.15, 0.2) is 11.5 Å². The van der Waals surface area contributed by atoms with E-state index >= 15 is 0 Å². The van der Waals surface area contributed by atoms with E-state index in [4.69, 9.17) is 9.15 Å². The highest BCUT2D eigenvalue weighted by Gasteiger charge is 2.14. The molecule has 6 nitrogen and oxygen atoms in total. The van der Waals surface area contributed by atoms with Crippen molar-refractivity contribution in [3.63, 3.8) is 0 Å². The number of ether oxygens (including phenoxy) is 1. The highest BCUT2D eigenvalue weighted by atomic mass is 32.1. The van der Waals surface area contributed by atoms with E-state index in [9.17, 15) is 0 Å². The van der Waals surface area contributed by atoms with Gasteiger partial charge in [0.1, 0.15) is 5.76 Å². The van der Waals surface area contributed by atoms with E-state index in [2.05, 4.69) is 20.2 Å². The van der Waals surface area contributed by atoms with Crippen LogP contribution in [0, 0.1) is 6.92 Å². The molecule has 1 fully saturated rings. The first-order valence-corrected chi connectivity index (χ1v) is 7.51. The van der Waals surface area contributed by atoms with E-state index in [0.717, 1.165) is 49.4 Å². The minimum Gasteiger partial charge on any atom is -0.448 e. The average molecular weight is 294 g/mol. The Bertz CT molecular complexity index is 548. The van der Waals surface area contributed by atoms with Crippen molar-refractivity contribution in [1.29, 1.82) is 0 Å². The normalized spacial score (nSPS) is 15.8. The molecule has 1 aliphatic heterocycles. The average Bonchev–Trinajstić information content (AvgIpc) is 3.10. The number of anilines is 1. The van der Waals surface area contributed by atoms with Gasteiger partial charge in [0.05, 0.1) is 18.9 Å². The summed E-state index contributed by atoms with van der Waals surface area (Å²) < 4.78 is 10.5. The van der Waals surface area contributed by atoms with E-state index in [1.54, 1.807) is 11.3 Å². The zero-order valence-corrected chi connectivity index (χ0v) is 12.3. The van der Waals surface area contributed by atoms with Gasteiger partial charge in [-0.25, -0.2) is 9.97 Å². The molecule has 7 heteroatoms. The van der Waals surface area contributed by atoms with Crippen molar-refractivity contribution >= 4 is 16.5 Å². The molecule has 2 aromatic heterocycles. The lowest BCUT2D eigenvalue weighted by atomic mass is 10.3. The lowest BCUT2D eigenvalue weighted by molar-refractivity contribution is 0.122. The molecule has 0 amide bonds. The van der Waals surface area contributed by atoms with Crippen LogP contribution in [0.25, 0.3) is 0 Å². The third-order valence-corrected chi connectivity index (χ3v) is 4.32. The molecular formula is C13H18N4O2S. The van der Waals surface area contributed by atoms with E-state index in [-0.39, 0.29) is 0 Å². The van der Waals surface area contributed by atoms with Crippen LogP contribution in [-0.2, 0) is 17.8 Å². The first-order valence-electron chi connectivity index (χ1n) is 6.70. The Morgan fingerprint density at radius 2 is 2.15 bits per heavy atom. The first-order chi connectivity index (χ1) is 9.83. The number of thiazole rings is 1. The predicted molar refractivity (Wildman–Crippen MR) is 76.9 cm³/mol. The quantitative estimate of drug-likeness (QED) is 0.903. The number of hydrogen-bond acceptors (Lipinski definition) is 7. The van der Waals surface area contributed by atoms with Crippen LogP contribution in [-0.4, -0.2) is 36.3 Å². The van der Waals surface area contributed by atoms with Crippen molar-refractivity contribution in [3.8, 4) is 0 Å². The van der Waals surface area contributed by atoms with Crippen molar-refractivity contribution in [2.45, 2.75) is 20.0 Å². The number of morpholine rings is 1. The molecule has 0 bridgehead atoms. The summed E-state index contributed by atoms with van der Waals surface area (Å²) in [5.74, 6) is 0.871. The van der Waals surface area contributed by atoms with Gasteiger partial charge in [-0.05, 0) is 6.92 Å². The third-order valence-electron chi connectivity index (χ3n) is 3.26. The summed E-state index contributed by atoms with van der Waals surface area (Å²) in [5.41, 5.74) is 0.961. The van der Waals surface area contributed by atoms with Crippen LogP contribution in [0.3, 0.4) is 0 Å². The third kappa shape index (κ3) is 3.17. The molecule has 0 radical (unpaired) electrons. The number of rotatable bonds is 5. The molecule has 108 valence electrons. The Morgan fingerprint density at radius 3 is 2.90 bits per heavy atom. The van der Waals surface area contributed by atoms with Gasteiger partial charge in [-0.1, -0.05) is 0 Å². The monoisotopic (exact) mass is 294 g/mol. The zero-order chi connectivity index (χ0) is 13.8. The lowest BCUT2D eigenvalue weighted by Gasteiger charge is -2.25. The molecule has 2 aromatic rings. The SMILES string of the molecule is Cc1ocnc1CNCc1cnc(N2CCOCC2)s1. The van der Waals surface area contributed by atoms with E-state index in [0.29, 0.717) is 6.54 Å². The fraction of sp³-hybridized carbons (Fsp3) is 0.538. The second kappa shape index (κ2) is 6.34. The summed E-state index contributed by atoms with van der Waals surface area (Å²) in [6.45, 7) is 6.88. The molecule has 1 aliphatic rings. The Labute approximate surface area is 121 Å². The highest BCUT2D eigenvalue weighted by molar-refractivity contribution is 7.15. The number of nitrogens with one attached hydrogen (secondary N) is 1. The zero-order valence-electron chi connectivity index (χ0n) is 11.5. The minimum atomic E-state index is 0.715. The number of oxazole rings is 1. The van der Waals surface area contributed by atoms with Crippen LogP contribution in [0.2, 0.25) is 0 Å². The van der Waals surface area contributed by atoms with Gasteiger partial charge in [-0.15, -0.1) is 11.3 Å². The Hall–Kier alpha value is -1.44. The van der Waals surface area contributed by atoms with Gasteiger partial charge >= 0.3 is 0 Å². The van der Waals surface area contributed by atoms with Crippen LogP contribution < -0.4 is 10.2 Å². The van der Waals surface area contributed by atoms with Crippen LogP contribution in [0.15, 0.2) is 17.0 Å². The first kappa shape index (κ1) is 13.5. The molecule has 0 aliphatic carbocycles. The van der Waals surface area contributed by atoms with Crippen LogP contribution in [0.4, 0.5) is 5.13 Å². The van der Waals surface area contributed by atoms with Crippen LogP contribution >= 0.6 is 11.3 Å². The molecule has 0 saturated carbocycles. The van der Waals surface area contributed by atoms with Crippen molar-refractivity contribution in [1.82, 2.24) is 15.3 Å². The summed E-state index contributed by atoms with van der Waals surface area (Å²) in [6, 6.07) is 0. The van der Waals surface area contributed by atoms with E-state index < -0.39 is 0 Å². The second-order valence-corrected chi connectivity index (χ2v) is 5.76. The minimum absolute atomic E-state index is 0.715. The van der Waals surface area contributed by atoms with Gasteiger partial charge in [-0.2, -0.15) is 0 Å². The maximum atomic E-state index is 5.35. The van der Waals surface area contributed by atoms with Gasteiger partial charge in [0.25, 0.3) is 0 Å². The molecular weight excluding hydrogens is 276 g/mol. The number of hydrogen-bond donors (Lipinski definition) is 1. The smallest absolute Gasteiger partial charge is 0.185 e. The molecule has 20 heavy (non-hydrogen) atoms. The Kier molecular flexibility index (Phi) is 4.29. The van der Waals surface area contributed by atoms with Crippen LogP contribution in [0.1, 0.15) is 16.3 Å². The largest absolute Gasteiger partial charge is 0.448 e. The standard InChI is InChI=1S/C13H18N4O2S/c1-10-12(16-9-19-10)8-14-6-11-7-15-13(20-11)17-2-4-18-5-3-17/h7,9,14H,2-6,8H2,1H3. The van der Waals surface area contributed by atoms with Gasteiger partial charge in [0, 0.05) is 37.3 Å². The summed E-state index contributed by atoms with van der Waals surface area (Å²) in [4.78, 5) is 12.2. The van der Waals surface area contributed by atoms with Crippen molar-refractivity contribution in [2.75, 3.05) is 31.2 Å².